The number of amides is 1. The normalized spacial score (nSPS) is 34.7. The summed E-state index contributed by atoms with van der Waals surface area (Å²) in [6.45, 7) is 7.70. The first-order valence-electron chi connectivity index (χ1n) is 12.1. The highest BCUT2D eigenvalue weighted by Gasteiger charge is 2.48. The second kappa shape index (κ2) is 13.5. The lowest BCUT2D eigenvalue weighted by Crippen LogP contribution is -2.64. The molecule has 0 spiro atoms. The monoisotopic (exact) mass is 476 g/mol. The first-order chi connectivity index (χ1) is 15.2. The first-order valence-corrected chi connectivity index (χ1v) is 13.4. The average Bonchev–Trinajstić information content (AvgIpc) is 3.18. The maximum atomic E-state index is 13.4. The third-order valence-electron chi connectivity index (χ3n) is 6.83. The Bertz CT molecular complexity index is 567. The number of nitrogens with zero attached hydrogens (tertiary/aromatic N) is 1. The zero-order valence-electron chi connectivity index (χ0n) is 20.0. The predicted molar refractivity (Wildman–Crippen MR) is 126 cm³/mol. The number of carbonyl (C=O) groups excluding carboxylic acids is 1. The molecular weight excluding hydrogens is 432 g/mol. The Hall–Kier alpha value is -0.420. The molecule has 8 nitrogen and oxygen atoms in total. The van der Waals surface area contributed by atoms with Gasteiger partial charge in [0, 0.05) is 19.7 Å². The van der Waals surface area contributed by atoms with Gasteiger partial charge >= 0.3 is 0 Å². The topological polar surface area (TPSA) is 122 Å². The van der Waals surface area contributed by atoms with Crippen LogP contribution in [-0.2, 0) is 9.53 Å². The number of aliphatic hydroxyl groups excluding tert-OH is 4. The van der Waals surface area contributed by atoms with Gasteiger partial charge in [-0.25, -0.2) is 0 Å². The number of hydrogen-bond acceptors (Lipinski definition) is 8. The number of nitrogens with one attached hydrogen (secondary N) is 1. The van der Waals surface area contributed by atoms with Crippen LogP contribution in [0.3, 0.4) is 0 Å². The van der Waals surface area contributed by atoms with Crippen LogP contribution >= 0.6 is 11.8 Å². The molecule has 2 heterocycles. The van der Waals surface area contributed by atoms with Crippen molar-refractivity contribution in [1.29, 1.82) is 0 Å². The Morgan fingerprint density at radius 2 is 1.88 bits per heavy atom. The van der Waals surface area contributed by atoms with Gasteiger partial charge in [-0.15, -0.1) is 11.8 Å². The van der Waals surface area contributed by atoms with Crippen molar-refractivity contribution in [3.63, 3.8) is 0 Å². The van der Waals surface area contributed by atoms with Crippen LogP contribution in [0.25, 0.3) is 0 Å². The van der Waals surface area contributed by atoms with E-state index in [-0.39, 0.29) is 24.5 Å². The number of rotatable bonds is 12. The molecule has 0 bridgehead atoms. The molecule has 0 aromatic carbocycles. The van der Waals surface area contributed by atoms with Crippen LogP contribution in [0, 0.1) is 11.8 Å². The van der Waals surface area contributed by atoms with Gasteiger partial charge in [0.15, 0.2) is 0 Å². The van der Waals surface area contributed by atoms with E-state index >= 15 is 0 Å². The molecular formula is C23H44N2O6S. The summed E-state index contributed by atoms with van der Waals surface area (Å²) in [5.41, 5.74) is -0.674. The van der Waals surface area contributed by atoms with E-state index in [1.807, 2.05) is 13.8 Å². The Labute approximate surface area is 197 Å². The van der Waals surface area contributed by atoms with Crippen molar-refractivity contribution in [3.05, 3.63) is 0 Å². The number of hydrogen-bond donors (Lipinski definition) is 5. The van der Waals surface area contributed by atoms with Gasteiger partial charge in [0.25, 0.3) is 0 Å². The molecule has 9 heteroatoms. The van der Waals surface area contributed by atoms with Crippen molar-refractivity contribution >= 4 is 17.7 Å². The number of unbranched alkanes of at least 4 members (excludes halogenated alkanes) is 2. The van der Waals surface area contributed by atoms with E-state index < -0.39 is 35.9 Å². The fraction of sp³-hybridized carbons (Fsp3) is 0.957. The van der Waals surface area contributed by atoms with Crippen molar-refractivity contribution in [2.45, 2.75) is 101 Å². The number of likely N-dealkylation sites (tertiary alicyclic amines) is 1. The molecule has 0 radical (unpaired) electrons. The van der Waals surface area contributed by atoms with Crippen molar-refractivity contribution in [3.8, 4) is 0 Å². The van der Waals surface area contributed by atoms with Crippen molar-refractivity contribution in [1.82, 2.24) is 10.2 Å². The largest absolute Gasteiger partial charge is 0.396 e. The van der Waals surface area contributed by atoms with Crippen LogP contribution in [-0.4, -0.2) is 99.1 Å². The summed E-state index contributed by atoms with van der Waals surface area (Å²) in [4.78, 5) is 15.6. The Balaban J connectivity index is 2.10. The van der Waals surface area contributed by atoms with Crippen molar-refractivity contribution in [2.24, 2.45) is 11.8 Å². The molecule has 2 saturated heterocycles. The second-order valence-electron chi connectivity index (χ2n) is 9.64. The van der Waals surface area contributed by atoms with Gasteiger partial charge in [-0.1, -0.05) is 40.0 Å². The van der Waals surface area contributed by atoms with E-state index in [0.717, 1.165) is 25.8 Å². The van der Waals surface area contributed by atoms with Crippen LogP contribution in [0.15, 0.2) is 0 Å². The molecule has 8 atom stereocenters. The maximum absolute atomic E-state index is 13.4. The maximum Gasteiger partial charge on any atom is 0.237 e. The van der Waals surface area contributed by atoms with E-state index in [1.165, 1.54) is 24.6 Å². The van der Waals surface area contributed by atoms with E-state index in [9.17, 15) is 25.2 Å². The molecule has 32 heavy (non-hydrogen) atoms. The van der Waals surface area contributed by atoms with Gasteiger partial charge < -0.3 is 30.5 Å². The molecule has 2 aliphatic heterocycles. The SMILES string of the molecule is CCCCC[C@@H]1C[C@@H](C(=O)N[C@H](C(C)C)[C@H]2O[C@H](SC)[C@H](O)[C@@H](O)[C@H]2O)N(CCCO)C1. The fourth-order valence-electron chi connectivity index (χ4n) is 4.94. The number of aliphatic hydroxyl groups is 4. The zero-order valence-corrected chi connectivity index (χ0v) is 20.8. The Kier molecular flexibility index (Phi) is 11.7. The number of thioether (sulfide) groups is 1. The standard InChI is InChI=1S/C23H44N2O6S/c1-5-6-7-9-15-12-16(25(13-15)10-8-11-26)22(30)24-17(14(2)3)21-19(28)18(27)20(29)23(31-21)32-4/h14-21,23,26-29H,5-13H2,1-4H3,(H,24,30)/t15-,16+,17-,18+,19-,20-,21-,23-/m1/s1. The zero-order chi connectivity index (χ0) is 23.8. The molecule has 0 aromatic rings. The van der Waals surface area contributed by atoms with Gasteiger partial charge in [0.05, 0.1) is 12.1 Å². The molecule has 0 aromatic heterocycles. The predicted octanol–water partition coefficient (Wildman–Crippen LogP) is 0.951. The minimum absolute atomic E-state index is 0.0452. The minimum atomic E-state index is -1.33. The van der Waals surface area contributed by atoms with Gasteiger partial charge in [-0.2, -0.15) is 0 Å². The minimum Gasteiger partial charge on any atom is -0.396 e. The summed E-state index contributed by atoms with van der Waals surface area (Å²) in [6, 6.07) is -0.782. The lowest BCUT2D eigenvalue weighted by molar-refractivity contribution is -0.208. The lowest BCUT2D eigenvalue weighted by Gasteiger charge is -2.44. The summed E-state index contributed by atoms with van der Waals surface area (Å²) in [7, 11) is 0. The molecule has 5 N–H and O–H groups in total. The van der Waals surface area contributed by atoms with E-state index in [1.54, 1.807) is 6.26 Å². The molecule has 2 fully saturated rings. The molecule has 1 amide bonds. The van der Waals surface area contributed by atoms with Gasteiger partial charge in [-0.05, 0) is 37.4 Å². The van der Waals surface area contributed by atoms with E-state index in [4.69, 9.17) is 4.74 Å². The molecule has 0 unspecified atom stereocenters. The van der Waals surface area contributed by atoms with Gasteiger partial charge in [0.2, 0.25) is 5.91 Å². The smallest absolute Gasteiger partial charge is 0.237 e. The summed E-state index contributed by atoms with van der Waals surface area (Å²) >= 11 is 1.27. The molecule has 188 valence electrons. The summed E-state index contributed by atoms with van der Waals surface area (Å²) in [6.07, 6.45) is 3.18. The van der Waals surface area contributed by atoms with Crippen molar-refractivity contribution in [2.75, 3.05) is 26.0 Å². The lowest BCUT2D eigenvalue weighted by atomic mass is 9.88. The van der Waals surface area contributed by atoms with Crippen LogP contribution in [0.4, 0.5) is 0 Å². The fourth-order valence-corrected chi connectivity index (χ4v) is 5.62. The summed E-state index contributed by atoms with van der Waals surface area (Å²) in [5.74, 6) is 0.316. The highest BCUT2D eigenvalue weighted by molar-refractivity contribution is 7.99. The Morgan fingerprint density at radius 3 is 2.47 bits per heavy atom. The summed E-state index contributed by atoms with van der Waals surface area (Å²) < 4.78 is 5.94. The summed E-state index contributed by atoms with van der Waals surface area (Å²) in [5, 5.41) is 43.5. The van der Waals surface area contributed by atoms with Crippen LogP contribution in [0.2, 0.25) is 0 Å². The quantitative estimate of drug-likeness (QED) is 0.264. The van der Waals surface area contributed by atoms with Crippen LogP contribution in [0.5, 0.6) is 0 Å². The Morgan fingerprint density at radius 1 is 1.16 bits per heavy atom. The molecule has 2 aliphatic rings. The van der Waals surface area contributed by atoms with Crippen molar-refractivity contribution < 1.29 is 30.0 Å². The number of carbonyl (C=O) groups is 1. The van der Waals surface area contributed by atoms with Gasteiger partial charge in [0.1, 0.15) is 29.9 Å². The highest BCUT2D eigenvalue weighted by Crippen LogP contribution is 2.32. The third kappa shape index (κ3) is 7.04. The van der Waals surface area contributed by atoms with Crippen LogP contribution in [0.1, 0.15) is 59.3 Å². The van der Waals surface area contributed by atoms with Gasteiger partial charge in [-0.3, -0.25) is 9.69 Å². The molecule has 2 rings (SSSR count). The average molecular weight is 477 g/mol. The third-order valence-corrected chi connectivity index (χ3v) is 7.69. The molecule has 0 aliphatic carbocycles. The van der Waals surface area contributed by atoms with Crippen LogP contribution < -0.4 is 5.32 Å². The molecule has 0 saturated carbocycles. The first kappa shape index (κ1) is 27.8. The van der Waals surface area contributed by atoms with E-state index in [2.05, 4.69) is 17.1 Å². The van der Waals surface area contributed by atoms with E-state index in [0.29, 0.717) is 18.9 Å². The highest BCUT2D eigenvalue weighted by atomic mass is 32.2. The second-order valence-corrected chi connectivity index (χ2v) is 10.6. The number of ether oxygens (including phenoxy) is 1.